The predicted molar refractivity (Wildman–Crippen MR) is 174 cm³/mol. The molecule has 0 unspecified atom stereocenters. The molecule has 0 aliphatic heterocycles. The molecule has 0 spiro atoms. The van der Waals surface area contributed by atoms with Crippen LogP contribution in [0, 0.1) is 11.6 Å². The number of alkyl halides is 6. The van der Waals surface area contributed by atoms with Crippen molar-refractivity contribution in [1.29, 1.82) is 0 Å². The Balaban J connectivity index is 0.000000501. The van der Waals surface area contributed by atoms with E-state index in [-0.39, 0.29) is 22.6 Å². The van der Waals surface area contributed by atoms with Crippen LogP contribution in [0.1, 0.15) is 56.1 Å². The van der Waals surface area contributed by atoms with Gasteiger partial charge in [-0.1, -0.05) is 49.2 Å². The number of phenolic OH excluding ortho intramolecular Hbond substituents is 1. The van der Waals surface area contributed by atoms with Crippen LogP contribution in [0.25, 0.3) is 10.2 Å². The second-order valence-electron chi connectivity index (χ2n) is 11.8. The van der Waals surface area contributed by atoms with Crippen molar-refractivity contribution in [2.24, 2.45) is 0 Å². The second kappa shape index (κ2) is 19.1. The van der Waals surface area contributed by atoms with Crippen LogP contribution in [-0.2, 0) is 27.2 Å². The summed E-state index contributed by atoms with van der Waals surface area (Å²) >= 11 is 1.11. The summed E-state index contributed by atoms with van der Waals surface area (Å²) in [6.07, 6.45) is -3.08. The number of aromatic amines is 1. The van der Waals surface area contributed by atoms with E-state index in [1.54, 1.807) is 12.1 Å². The van der Waals surface area contributed by atoms with Gasteiger partial charge in [-0.2, -0.15) is 26.3 Å². The molecule has 1 heterocycles. The molecule has 51 heavy (non-hydrogen) atoms. The van der Waals surface area contributed by atoms with Crippen molar-refractivity contribution in [1.82, 2.24) is 20.5 Å². The number of carbonyl (C=O) groups is 3. The summed E-state index contributed by atoms with van der Waals surface area (Å²) in [5.74, 6) is -8.28. The molecule has 1 aliphatic carbocycles. The molecule has 1 aliphatic rings. The monoisotopic (exact) mass is 754 g/mol. The van der Waals surface area contributed by atoms with Gasteiger partial charge in [0.15, 0.2) is 11.6 Å². The minimum atomic E-state index is -5.77. The number of fused-ring (bicyclic) bond motifs is 1. The normalized spacial score (nSPS) is 14.1. The lowest BCUT2D eigenvalue weighted by Crippen LogP contribution is -2.45. The van der Waals surface area contributed by atoms with Gasteiger partial charge >= 0.3 is 28.8 Å². The van der Waals surface area contributed by atoms with Crippen molar-refractivity contribution < 1.29 is 54.6 Å². The van der Waals surface area contributed by atoms with Gasteiger partial charge in [-0.3, -0.25) is 19.2 Å². The number of hydrogen-bond donors (Lipinski definition) is 4. The number of hydrogen-bond acceptors (Lipinski definition) is 8. The summed E-state index contributed by atoms with van der Waals surface area (Å²) in [4.78, 5) is 48.8. The van der Waals surface area contributed by atoms with E-state index in [1.165, 1.54) is 18.9 Å². The number of halogens is 8. The van der Waals surface area contributed by atoms with E-state index in [4.69, 9.17) is 0 Å². The van der Waals surface area contributed by atoms with Crippen LogP contribution in [0.4, 0.5) is 35.1 Å². The molecule has 4 rings (SSSR count). The van der Waals surface area contributed by atoms with Crippen molar-refractivity contribution in [3.8, 4) is 5.75 Å². The third-order valence-corrected chi connectivity index (χ3v) is 9.09. The van der Waals surface area contributed by atoms with E-state index in [0.717, 1.165) is 58.9 Å². The Morgan fingerprint density at radius 3 is 2.04 bits per heavy atom. The summed E-state index contributed by atoms with van der Waals surface area (Å²) in [5, 5.41) is 16.7. The molecule has 18 heteroatoms. The predicted octanol–water partition coefficient (Wildman–Crippen LogP) is 5.73. The summed E-state index contributed by atoms with van der Waals surface area (Å²) in [7, 11) is 0. The summed E-state index contributed by atoms with van der Waals surface area (Å²) in [5.41, 5.74) is 2.22. The van der Waals surface area contributed by atoms with Crippen LogP contribution < -0.4 is 15.5 Å². The molecule has 1 amide bonds. The highest BCUT2D eigenvalue weighted by Crippen LogP contribution is 2.28. The Kier molecular flexibility index (Phi) is 15.5. The molecule has 282 valence electrons. The van der Waals surface area contributed by atoms with Gasteiger partial charge in [-0.15, -0.1) is 0 Å². The number of H-pyrrole nitrogens is 1. The number of aromatic nitrogens is 1. The van der Waals surface area contributed by atoms with Gasteiger partial charge in [0.1, 0.15) is 11.3 Å². The summed E-state index contributed by atoms with van der Waals surface area (Å²) < 4.78 is 94.2. The standard InChI is InChI=1S/C29H38F2N4O3S.C4F6O2/c30-23-9-7-20(19-24(23)31)11-14-32-16-13-26(37)35(22-5-3-1-2-4-6-22)18-17-33-15-12-21-8-10-25(36)27-28(21)39-29(38)34-27;5-3(6,7)1(11)2(12)4(8,9)10/h7-10,19,22,32-33,36H,1-6,11-18H2,(H,34,38);. The molecule has 3 aromatic rings. The highest BCUT2D eigenvalue weighted by molar-refractivity contribution is 7.16. The third kappa shape index (κ3) is 13.0. The first kappa shape index (κ1) is 41.5. The lowest BCUT2D eigenvalue weighted by atomic mass is 10.1. The third-order valence-electron chi connectivity index (χ3n) is 8.14. The highest BCUT2D eigenvalue weighted by atomic mass is 32.1. The Morgan fingerprint density at radius 1 is 0.824 bits per heavy atom. The number of benzene rings is 2. The summed E-state index contributed by atoms with van der Waals surface area (Å²) in [6, 6.07) is 7.66. The van der Waals surface area contributed by atoms with Crippen LogP contribution >= 0.6 is 11.3 Å². The number of nitrogens with zero attached hydrogens (tertiary/aromatic N) is 1. The van der Waals surface area contributed by atoms with Gasteiger partial charge in [-0.05, 0) is 68.1 Å². The molecule has 0 bridgehead atoms. The quantitative estimate of drug-likeness (QED) is 0.0716. The average Bonchev–Trinajstić information content (AvgIpc) is 3.27. The number of rotatable bonds is 14. The molecule has 0 atom stereocenters. The zero-order valence-corrected chi connectivity index (χ0v) is 28.1. The Labute approximate surface area is 291 Å². The topological polar surface area (TPSA) is 132 Å². The van der Waals surface area contributed by atoms with E-state index in [0.29, 0.717) is 57.5 Å². The maximum absolute atomic E-state index is 13.4. The first-order chi connectivity index (χ1) is 24.0. The number of aromatic hydroxyl groups is 1. The average molecular weight is 755 g/mol. The Bertz CT molecular complexity index is 1660. The van der Waals surface area contributed by atoms with Crippen molar-refractivity contribution in [2.75, 3.05) is 32.7 Å². The first-order valence-corrected chi connectivity index (χ1v) is 17.0. The molecule has 1 saturated carbocycles. The fourth-order valence-electron chi connectivity index (χ4n) is 5.55. The van der Waals surface area contributed by atoms with Crippen LogP contribution in [0.3, 0.4) is 0 Å². The van der Waals surface area contributed by atoms with Crippen LogP contribution in [0.15, 0.2) is 35.1 Å². The molecule has 2 aromatic carbocycles. The number of Topliss-reactive ketones (excluding diaryl/α,β-unsaturated/α-hetero) is 2. The van der Waals surface area contributed by atoms with Crippen molar-refractivity contribution in [3.63, 3.8) is 0 Å². The molecule has 1 fully saturated rings. The molecule has 9 nitrogen and oxygen atoms in total. The van der Waals surface area contributed by atoms with Crippen LogP contribution in [0.5, 0.6) is 5.75 Å². The van der Waals surface area contributed by atoms with E-state index in [9.17, 15) is 59.4 Å². The van der Waals surface area contributed by atoms with Gasteiger partial charge in [-0.25, -0.2) is 8.78 Å². The highest BCUT2D eigenvalue weighted by Gasteiger charge is 2.54. The Hall–Kier alpha value is -3.90. The van der Waals surface area contributed by atoms with Crippen LogP contribution in [-0.4, -0.2) is 83.6 Å². The minimum Gasteiger partial charge on any atom is -0.506 e. The minimum absolute atomic E-state index is 0.0801. The fourth-order valence-corrected chi connectivity index (χ4v) is 6.44. The zero-order chi connectivity index (χ0) is 37.8. The fraction of sp³-hybridized carbons (Fsp3) is 0.515. The van der Waals surface area contributed by atoms with Gasteiger partial charge in [0, 0.05) is 32.1 Å². The first-order valence-electron chi connectivity index (χ1n) is 16.2. The van der Waals surface area contributed by atoms with Crippen molar-refractivity contribution >= 4 is 39.0 Å². The number of ketones is 2. The van der Waals surface area contributed by atoms with E-state index in [2.05, 4.69) is 15.6 Å². The molecule has 4 N–H and O–H groups in total. The molecular formula is C33H38F8N4O5S. The van der Waals surface area contributed by atoms with E-state index < -0.39 is 35.6 Å². The lowest BCUT2D eigenvalue weighted by molar-refractivity contribution is -0.193. The smallest absolute Gasteiger partial charge is 0.458 e. The van der Waals surface area contributed by atoms with Gasteiger partial charge < -0.3 is 25.6 Å². The molecule has 1 aromatic heterocycles. The Morgan fingerprint density at radius 2 is 1.43 bits per heavy atom. The maximum atomic E-state index is 13.4. The number of carbonyl (C=O) groups excluding carboxylic acids is 3. The summed E-state index contributed by atoms with van der Waals surface area (Å²) in [6.45, 7) is 3.14. The lowest BCUT2D eigenvalue weighted by Gasteiger charge is -2.32. The van der Waals surface area contributed by atoms with Gasteiger partial charge in [0.25, 0.3) is 0 Å². The zero-order valence-electron chi connectivity index (χ0n) is 27.3. The molecule has 0 saturated heterocycles. The number of amides is 1. The van der Waals surface area contributed by atoms with Crippen LogP contribution in [0.2, 0.25) is 0 Å². The van der Waals surface area contributed by atoms with Gasteiger partial charge in [0.2, 0.25) is 5.91 Å². The number of phenols is 1. The van der Waals surface area contributed by atoms with Gasteiger partial charge in [0.05, 0.1) is 4.70 Å². The molecular weight excluding hydrogens is 716 g/mol. The number of nitrogens with one attached hydrogen (secondary N) is 3. The maximum Gasteiger partial charge on any atom is 0.458 e. The van der Waals surface area contributed by atoms with Crippen molar-refractivity contribution in [2.45, 2.75) is 76.2 Å². The second-order valence-corrected chi connectivity index (χ2v) is 12.8. The van der Waals surface area contributed by atoms with E-state index in [1.807, 2.05) is 11.0 Å². The van der Waals surface area contributed by atoms with Crippen molar-refractivity contribution in [3.05, 3.63) is 62.8 Å². The number of thiazole rings is 1. The van der Waals surface area contributed by atoms with E-state index >= 15 is 0 Å². The largest absolute Gasteiger partial charge is 0.506 e. The SMILES string of the molecule is O=C(C(=O)C(F)(F)F)C(F)(F)F.O=C(CCNCCc1ccc(F)c(F)c1)N(CCNCCc1ccc(O)c2[nH]c(=O)sc12)C1CCCCCC1. The molecule has 0 radical (unpaired) electrons.